The average Bonchev–Trinajstić information content (AvgIpc) is 2.67. The second kappa shape index (κ2) is 7.64. The van der Waals surface area contributed by atoms with Gasteiger partial charge in [-0.15, -0.1) is 12.6 Å². The zero-order valence-corrected chi connectivity index (χ0v) is 16.1. The molecule has 0 spiro atoms. The maximum absolute atomic E-state index is 12.5. The lowest BCUT2D eigenvalue weighted by Gasteiger charge is -2.38. The number of amides is 1. The van der Waals surface area contributed by atoms with Gasteiger partial charge in [-0.2, -0.15) is 5.26 Å². The lowest BCUT2D eigenvalue weighted by molar-refractivity contribution is -0.118. The van der Waals surface area contributed by atoms with E-state index in [0.717, 1.165) is 11.3 Å². The molecule has 6 nitrogen and oxygen atoms in total. The summed E-state index contributed by atoms with van der Waals surface area (Å²) in [6.45, 7) is 1.97. The molecule has 27 heavy (non-hydrogen) atoms. The first-order valence-corrected chi connectivity index (χ1v) is 8.67. The monoisotopic (exact) mass is 381 g/mol. The fraction of sp³-hybridized carbons (Fsp3) is 0.200. The summed E-state index contributed by atoms with van der Waals surface area (Å²) in [7, 11) is 3.13. The van der Waals surface area contributed by atoms with E-state index >= 15 is 0 Å². The number of nitrogens with one attached hydrogen (secondary N) is 1. The summed E-state index contributed by atoms with van der Waals surface area (Å²) in [6, 6.07) is 15.0. The number of methoxy groups -OCH3 is 2. The highest BCUT2D eigenvalue weighted by molar-refractivity contribution is 7.84. The number of anilines is 1. The molecule has 0 saturated carbocycles. The summed E-state index contributed by atoms with van der Waals surface area (Å²) in [5, 5.41) is 12.6. The van der Waals surface area contributed by atoms with Crippen LogP contribution in [0.3, 0.4) is 0 Å². The molecule has 1 atom stereocenters. The Hall–Kier alpha value is -3.11. The molecule has 138 valence electrons. The standard InChI is InChI=1S/C20H19N3O3S/c1-12-5-4-6-13(9-12)23-18(22-19(24)16(11-21)20(23)27)15-10-14(25-2)7-8-17(15)26-3/h4-10,18,27H,1-3H3,(H,22,24)/t18-/m0/s1. The number of hydrogen-bond donors (Lipinski definition) is 2. The van der Waals surface area contributed by atoms with E-state index in [4.69, 9.17) is 9.47 Å². The van der Waals surface area contributed by atoms with E-state index in [0.29, 0.717) is 17.1 Å². The van der Waals surface area contributed by atoms with E-state index in [1.54, 1.807) is 37.3 Å². The topological polar surface area (TPSA) is 74.6 Å². The van der Waals surface area contributed by atoms with Crippen LogP contribution in [0.2, 0.25) is 0 Å². The molecule has 0 unspecified atom stereocenters. The normalized spacial score (nSPS) is 16.6. The Balaban J connectivity index is 2.23. The fourth-order valence-corrected chi connectivity index (χ4v) is 3.41. The summed E-state index contributed by atoms with van der Waals surface area (Å²) >= 11 is 4.51. The molecule has 1 N–H and O–H groups in total. The van der Waals surface area contributed by atoms with E-state index in [-0.39, 0.29) is 10.6 Å². The first-order valence-electron chi connectivity index (χ1n) is 8.22. The van der Waals surface area contributed by atoms with Crippen LogP contribution in [0, 0.1) is 18.3 Å². The summed E-state index contributed by atoms with van der Waals surface area (Å²) in [5.74, 6) is 0.724. The quantitative estimate of drug-likeness (QED) is 0.795. The van der Waals surface area contributed by atoms with Gasteiger partial charge in [0, 0.05) is 11.3 Å². The lowest BCUT2D eigenvalue weighted by atomic mass is 10.0. The molecular weight excluding hydrogens is 362 g/mol. The minimum absolute atomic E-state index is 0.0436. The van der Waals surface area contributed by atoms with Crippen LogP contribution in [0.15, 0.2) is 53.1 Å². The summed E-state index contributed by atoms with van der Waals surface area (Å²) < 4.78 is 10.8. The number of carbonyl (C=O) groups excluding carboxylic acids is 1. The Bertz CT molecular complexity index is 965. The molecule has 0 aromatic heterocycles. The van der Waals surface area contributed by atoms with Crippen molar-refractivity contribution in [2.24, 2.45) is 0 Å². The molecule has 0 saturated heterocycles. The predicted octanol–water partition coefficient (Wildman–Crippen LogP) is 3.31. The Morgan fingerprint density at radius 1 is 1.19 bits per heavy atom. The molecule has 1 amide bonds. The van der Waals surface area contributed by atoms with Crippen molar-refractivity contribution in [2.45, 2.75) is 13.1 Å². The van der Waals surface area contributed by atoms with Crippen molar-refractivity contribution >= 4 is 24.2 Å². The largest absolute Gasteiger partial charge is 0.497 e. The molecule has 0 bridgehead atoms. The maximum Gasteiger partial charge on any atom is 0.266 e. The van der Waals surface area contributed by atoms with E-state index in [2.05, 4.69) is 17.9 Å². The van der Waals surface area contributed by atoms with Crippen LogP contribution in [0.1, 0.15) is 17.3 Å². The molecule has 0 radical (unpaired) electrons. The number of carbonyl (C=O) groups is 1. The van der Waals surface area contributed by atoms with Gasteiger partial charge in [0.25, 0.3) is 5.91 Å². The van der Waals surface area contributed by atoms with Crippen LogP contribution in [0.25, 0.3) is 0 Å². The van der Waals surface area contributed by atoms with Gasteiger partial charge in [0.15, 0.2) is 0 Å². The van der Waals surface area contributed by atoms with Gasteiger partial charge in [-0.05, 0) is 42.8 Å². The predicted molar refractivity (Wildman–Crippen MR) is 106 cm³/mol. The summed E-state index contributed by atoms with van der Waals surface area (Å²) in [6.07, 6.45) is -0.617. The molecule has 3 rings (SSSR count). The molecule has 2 aromatic rings. The number of aryl methyl sites for hydroxylation is 1. The van der Waals surface area contributed by atoms with Gasteiger partial charge in [0.05, 0.1) is 19.2 Å². The Kier molecular flexibility index (Phi) is 5.28. The van der Waals surface area contributed by atoms with Gasteiger partial charge in [-0.3, -0.25) is 4.79 Å². The van der Waals surface area contributed by atoms with Gasteiger partial charge in [-0.1, -0.05) is 12.1 Å². The van der Waals surface area contributed by atoms with Crippen molar-refractivity contribution in [2.75, 3.05) is 19.1 Å². The zero-order valence-electron chi connectivity index (χ0n) is 15.2. The Labute approximate surface area is 163 Å². The van der Waals surface area contributed by atoms with Gasteiger partial charge >= 0.3 is 0 Å². The second-order valence-corrected chi connectivity index (χ2v) is 6.43. The Morgan fingerprint density at radius 2 is 1.96 bits per heavy atom. The third kappa shape index (κ3) is 3.44. The van der Waals surface area contributed by atoms with Crippen LogP contribution in [-0.2, 0) is 4.79 Å². The van der Waals surface area contributed by atoms with Crippen molar-refractivity contribution in [3.8, 4) is 17.6 Å². The van der Waals surface area contributed by atoms with Crippen molar-refractivity contribution < 1.29 is 14.3 Å². The van der Waals surface area contributed by atoms with Crippen LogP contribution < -0.4 is 19.7 Å². The van der Waals surface area contributed by atoms with E-state index in [1.165, 1.54) is 0 Å². The molecular formula is C20H19N3O3S. The van der Waals surface area contributed by atoms with Crippen LogP contribution >= 0.6 is 12.6 Å². The average molecular weight is 381 g/mol. The third-order valence-electron chi connectivity index (χ3n) is 4.33. The van der Waals surface area contributed by atoms with E-state index < -0.39 is 12.1 Å². The van der Waals surface area contributed by atoms with E-state index in [1.807, 2.05) is 37.3 Å². The number of hydrogen-bond acceptors (Lipinski definition) is 6. The molecule has 2 aromatic carbocycles. The first kappa shape index (κ1) is 18.7. The molecule has 1 aliphatic rings. The minimum atomic E-state index is -0.617. The lowest BCUT2D eigenvalue weighted by Crippen LogP contribution is -2.46. The van der Waals surface area contributed by atoms with Crippen LogP contribution in [0.4, 0.5) is 5.69 Å². The molecule has 0 fully saturated rings. The number of ether oxygens (including phenoxy) is 2. The summed E-state index contributed by atoms with van der Waals surface area (Å²) in [5.41, 5.74) is 2.48. The number of thiol groups is 1. The zero-order chi connectivity index (χ0) is 19.6. The smallest absolute Gasteiger partial charge is 0.266 e. The molecule has 0 aliphatic carbocycles. The molecule has 7 heteroatoms. The van der Waals surface area contributed by atoms with Gasteiger partial charge in [0.2, 0.25) is 0 Å². The van der Waals surface area contributed by atoms with Crippen LogP contribution in [-0.4, -0.2) is 20.1 Å². The molecule has 1 aliphatic heterocycles. The minimum Gasteiger partial charge on any atom is -0.497 e. The van der Waals surface area contributed by atoms with Crippen LogP contribution in [0.5, 0.6) is 11.5 Å². The SMILES string of the molecule is COc1ccc(OC)c([C@H]2NC(=O)C(C#N)=C(S)N2c2cccc(C)c2)c1. The Morgan fingerprint density at radius 3 is 2.59 bits per heavy atom. The van der Waals surface area contributed by atoms with Gasteiger partial charge in [0.1, 0.15) is 29.3 Å². The number of rotatable bonds is 4. The van der Waals surface area contributed by atoms with E-state index in [9.17, 15) is 10.1 Å². The maximum atomic E-state index is 12.5. The van der Waals surface area contributed by atoms with Gasteiger partial charge < -0.3 is 19.7 Å². The highest BCUT2D eigenvalue weighted by Crippen LogP contribution is 2.40. The highest BCUT2D eigenvalue weighted by atomic mass is 32.1. The number of nitriles is 1. The number of benzene rings is 2. The van der Waals surface area contributed by atoms with Gasteiger partial charge in [-0.25, -0.2) is 0 Å². The van der Waals surface area contributed by atoms with Crippen molar-refractivity contribution in [3.63, 3.8) is 0 Å². The van der Waals surface area contributed by atoms with Crippen molar-refractivity contribution in [3.05, 3.63) is 64.2 Å². The third-order valence-corrected chi connectivity index (χ3v) is 4.77. The first-order chi connectivity index (χ1) is 13.0. The summed E-state index contributed by atoms with van der Waals surface area (Å²) in [4.78, 5) is 14.3. The molecule has 1 heterocycles. The fourth-order valence-electron chi connectivity index (χ4n) is 3.03. The second-order valence-electron chi connectivity index (χ2n) is 6.00. The highest BCUT2D eigenvalue weighted by Gasteiger charge is 2.35. The number of nitrogens with zero attached hydrogens (tertiary/aromatic N) is 2. The van der Waals surface area contributed by atoms with Crippen molar-refractivity contribution in [1.29, 1.82) is 5.26 Å². The van der Waals surface area contributed by atoms with Crippen molar-refractivity contribution in [1.82, 2.24) is 5.32 Å².